The minimum atomic E-state index is 1.01. The lowest BCUT2D eigenvalue weighted by Gasteiger charge is -2.22. The minimum Gasteiger partial charge on any atom is -0.357 e. The van der Waals surface area contributed by atoms with E-state index >= 15 is 0 Å². The van der Waals surface area contributed by atoms with Gasteiger partial charge >= 0.3 is 0 Å². The Bertz CT molecular complexity index is 309. The van der Waals surface area contributed by atoms with E-state index in [4.69, 9.17) is 24.4 Å². The monoisotopic (exact) mass is 444 g/mol. The largest absolute Gasteiger partial charge is 0.357 e. The second kappa shape index (κ2) is 17.6. The van der Waals surface area contributed by atoms with Crippen LogP contribution in [0.1, 0.15) is 53.4 Å². The highest BCUT2D eigenvalue weighted by Crippen LogP contribution is 2.30. The Morgan fingerprint density at radius 1 is 0.708 bits per heavy atom. The topological polar surface area (TPSA) is 6.48 Å². The molecule has 0 spiro atoms. The number of hydrogen-bond donors (Lipinski definition) is 0. The van der Waals surface area contributed by atoms with Gasteiger partial charge in [-0.3, -0.25) is 0 Å². The van der Waals surface area contributed by atoms with Crippen molar-refractivity contribution >= 4 is 76.3 Å². The summed E-state index contributed by atoms with van der Waals surface area (Å²) in [6.45, 7) is 13.0. The molecular weight excluding hydrogens is 413 g/mol. The molecule has 0 saturated carbocycles. The fourth-order valence-corrected chi connectivity index (χ4v) is 7.65. The number of hydrogen-bond acceptors (Lipinski definition) is 6. The zero-order valence-electron chi connectivity index (χ0n) is 15.4. The summed E-state index contributed by atoms with van der Waals surface area (Å²) in [7, 11) is 7.22. The predicted octanol–water partition coefficient (Wildman–Crippen LogP) is 6.56. The van der Waals surface area contributed by atoms with E-state index in [0.29, 0.717) is 0 Å². The van der Waals surface area contributed by atoms with Crippen LogP contribution in [0.25, 0.3) is 0 Å². The van der Waals surface area contributed by atoms with Crippen molar-refractivity contribution in [2.75, 3.05) is 37.7 Å². The fraction of sp³-hybridized carbons (Fsp3) is 0.875. The molecule has 0 amide bonds. The average Bonchev–Trinajstić information content (AvgIpc) is 2.59. The first kappa shape index (κ1) is 25.2. The molecule has 0 radical (unpaired) electrons. The zero-order valence-corrected chi connectivity index (χ0v) is 20.3. The van der Waals surface area contributed by atoms with Gasteiger partial charge in [-0.05, 0) is 48.3 Å². The van der Waals surface area contributed by atoms with Crippen LogP contribution in [-0.2, 0) is 0 Å². The zero-order chi connectivity index (χ0) is 18.2. The third-order valence-corrected chi connectivity index (χ3v) is 9.69. The molecule has 0 aliphatic rings. The first-order chi connectivity index (χ1) is 11.6. The lowest BCUT2D eigenvalue weighted by Crippen LogP contribution is -2.27. The smallest absolute Gasteiger partial charge is 0.147 e. The van der Waals surface area contributed by atoms with Crippen LogP contribution < -0.4 is 0 Å². The molecule has 0 atom stereocenters. The molecule has 0 N–H and O–H groups in total. The van der Waals surface area contributed by atoms with Gasteiger partial charge in [-0.15, -0.1) is 0 Å². The summed E-state index contributed by atoms with van der Waals surface area (Å²) in [5.74, 6) is 2.19. The highest BCUT2D eigenvalue weighted by atomic mass is 33.1. The molecule has 8 heteroatoms. The van der Waals surface area contributed by atoms with Gasteiger partial charge in [0.1, 0.15) is 8.64 Å². The van der Waals surface area contributed by atoms with Gasteiger partial charge in [0.25, 0.3) is 0 Å². The molecule has 142 valence electrons. The summed E-state index contributed by atoms with van der Waals surface area (Å²) < 4.78 is 2.06. The molecule has 0 aliphatic heterocycles. The maximum Gasteiger partial charge on any atom is 0.147 e. The van der Waals surface area contributed by atoms with E-state index < -0.39 is 0 Å². The molecular formula is C16H32N2S6. The summed E-state index contributed by atoms with van der Waals surface area (Å²) in [5.41, 5.74) is 0. The van der Waals surface area contributed by atoms with Gasteiger partial charge in [0.05, 0.1) is 0 Å². The Hall–Kier alpha value is 1.18. The molecule has 0 aromatic carbocycles. The van der Waals surface area contributed by atoms with Crippen molar-refractivity contribution in [1.29, 1.82) is 0 Å². The lowest BCUT2D eigenvalue weighted by atomic mass is 10.3. The molecule has 0 aromatic heterocycles. The first-order valence-corrected chi connectivity index (χ1v) is 14.2. The molecule has 0 saturated heterocycles. The van der Waals surface area contributed by atoms with Crippen LogP contribution in [0.5, 0.6) is 0 Å². The average molecular weight is 445 g/mol. The summed E-state index contributed by atoms with van der Waals surface area (Å²) in [5, 5.41) is 0. The van der Waals surface area contributed by atoms with E-state index in [1.807, 2.05) is 21.6 Å². The second-order valence-electron chi connectivity index (χ2n) is 5.21. The Morgan fingerprint density at radius 2 is 1.08 bits per heavy atom. The summed E-state index contributed by atoms with van der Waals surface area (Å²) in [6.07, 6.45) is 4.87. The Balaban J connectivity index is 3.78. The molecule has 2 nitrogen and oxygen atoms in total. The van der Waals surface area contributed by atoms with Gasteiger partial charge in [-0.2, -0.15) is 0 Å². The van der Waals surface area contributed by atoms with Crippen LogP contribution in [0.2, 0.25) is 0 Å². The van der Waals surface area contributed by atoms with Crippen LogP contribution in [0.3, 0.4) is 0 Å². The van der Waals surface area contributed by atoms with Crippen LogP contribution >= 0.6 is 67.6 Å². The summed E-state index contributed by atoms with van der Waals surface area (Å²) >= 11 is 11.1. The van der Waals surface area contributed by atoms with E-state index in [-0.39, 0.29) is 0 Å². The number of nitrogens with zero attached hydrogens (tertiary/aromatic N) is 2. The SMILES string of the molecule is CCCCN(CC)C(=S)SSCCSSC(=S)N(CC)CCCC. The van der Waals surface area contributed by atoms with Crippen molar-refractivity contribution in [1.82, 2.24) is 9.80 Å². The van der Waals surface area contributed by atoms with Crippen molar-refractivity contribution < 1.29 is 0 Å². The van der Waals surface area contributed by atoms with Gasteiger partial charge in [0.2, 0.25) is 0 Å². The van der Waals surface area contributed by atoms with Gasteiger partial charge in [0.15, 0.2) is 0 Å². The molecule has 24 heavy (non-hydrogen) atoms. The predicted molar refractivity (Wildman–Crippen MR) is 130 cm³/mol. The highest BCUT2D eigenvalue weighted by molar-refractivity contribution is 8.85. The Morgan fingerprint density at radius 3 is 1.38 bits per heavy atom. The van der Waals surface area contributed by atoms with Gasteiger partial charge in [-0.25, -0.2) is 0 Å². The normalized spacial score (nSPS) is 10.7. The Labute approximate surface area is 176 Å². The maximum atomic E-state index is 5.53. The minimum absolute atomic E-state index is 1.01. The lowest BCUT2D eigenvalue weighted by molar-refractivity contribution is 0.442. The summed E-state index contributed by atoms with van der Waals surface area (Å²) in [4.78, 5) is 4.61. The number of rotatable bonds is 13. The Kier molecular flexibility index (Phi) is 18.5. The van der Waals surface area contributed by atoms with Crippen LogP contribution in [0.15, 0.2) is 0 Å². The standard InChI is InChI=1S/C16H32N2S6/c1-5-9-11-17(7-3)15(19)23-21-13-14-22-24-16(20)18(8-4)12-10-6-2/h5-14H2,1-4H3. The maximum absolute atomic E-state index is 5.53. The molecule has 0 aromatic rings. The number of unbranched alkanes of at least 4 members (excludes halogenated alkanes) is 2. The number of thiocarbonyl (C=S) groups is 2. The molecule has 0 fully saturated rings. The first-order valence-electron chi connectivity index (χ1n) is 8.77. The van der Waals surface area contributed by atoms with E-state index in [0.717, 1.165) is 46.3 Å². The van der Waals surface area contributed by atoms with Gasteiger partial charge < -0.3 is 9.80 Å². The van der Waals surface area contributed by atoms with E-state index in [2.05, 4.69) is 37.5 Å². The van der Waals surface area contributed by atoms with Crippen molar-refractivity contribution in [2.24, 2.45) is 0 Å². The van der Waals surface area contributed by atoms with Gasteiger partial charge in [0, 0.05) is 37.7 Å². The van der Waals surface area contributed by atoms with Crippen molar-refractivity contribution in [3.05, 3.63) is 0 Å². The fourth-order valence-electron chi connectivity index (χ4n) is 1.81. The van der Waals surface area contributed by atoms with Crippen molar-refractivity contribution in [3.8, 4) is 0 Å². The molecule has 0 heterocycles. The van der Waals surface area contributed by atoms with Gasteiger partial charge in [-0.1, -0.05) is 72.7 Å². The van der Waals surface area contributed by atoms with Crippen molar-refractivity contribution in [2.45, 2.75) is 53.4 Å². The summed E-state index contributed by atoms with van der Waals surface area (Å²) in [6, 6.07) is 0. The molecule has 0 bridgehead atoms. The third-order valence-electron chi connectivity index (χ3n) is 3.35. The van der Waals surface area contributed by atoms with Crippen LogP contribution in [-0.4, -0.2) is 56.1 Å². The quantitative estimate of drug-likeness (QED) is 0.177. The van der Waals surface area contributed by atoms with Crippen LogP contribution in [0, 0.1) is 0 Å². The molecule has 0 aliphatic carbocycles. The molecule has 0 rings (SSSR count). The third kappa shape index (κ3) is 12.5. The van der Waals surface area contributed by atoms with E-state index in [1.165, 1.54) is 25.7 Å². The van der Waals surface area contributed by atoms with Crippen LogP contribution in [0.4, 0.5) is 0 Å². The molecule has 0 unspecified atom stereocenters. The second-order valence-corrected chi connectivity index (χ2v) is 11.3. The van der Waals surface area contributed by atoms with E-state index in [9.17, 15) is 0 Å². The van der Waals surface area contributed by atoms with E-state index in [1.54, 1.807) is 21.6 Å². The highest BCUT2D eigenvalue weighted by Gasteiger charge is 2.09. The van der Waals surface area contributed by atoms with Crippen molar-refractivity contribution in [3.63, 3.8) is 0 Å².